The molecule has 0 aliphatic heterocycles. The quantitative estimate of drug-likeness (QED) is 0.212. The number of rotatable bonds is 4. The Bertz CT molecular complexity index is 352. The molecule has 0 fully saturated rings. The van der Waals surface area contributed by atoms with Crippen molar-refractivity contribution < 1.29 is 144 Å². The molecule has 0 aromatic carbocycles. The average molecular weight is 609 g/mol. The van der Waals surface area contributed by atoms with E-state index < -0.39 is 31.3 Å². The van der Waals surface area contributed by atoms with Crippen LogP contribution in [0.3, 0.4) is 0 Å². The molecule has 0 radical (unpaired) electrons. The first-order chi connectivity index (χ1) is 7.41. The van der Waals surface area contributed by atoms with Gasteiger partial charge >= 0.3 is 77.9 Å². The molecule has 22 heteroatoms. The molecule has 0 aromatic heterocycles. The minimum atomic E-state index is -5.68. The zero-order valence-electron chi connectivity index (χ0n) is 10.3. The summed E-state index contributed by atoms with van der Waals surface area (Å²) in [6.07, 6.45) is 0. The molecule has 14 nitrogen and oxygen atoms in total. The number of phosphoric acid groups is 4. The third-order valence-electron chi connectivity index (χ3n) is 0.400. The fraction of sp³-hybridized carbons (Fsp3) is 0. The van der Waals surface area contributed by atoms with Crippen LogP contribution in [0, 0.1) is 0 Å². The maximum Gasteiger partial charge on any atom is 2.00 e. The van der Waals surface area contributed by atoms with E-state index in [0.717, 1.165) is 0 Å². The van der Waals surface area contributed by atoms with Crippen LogP contribution in [0.5, 0.6) is 0 Å². The van der Waals surface area contributed by atoms with Gasteiger partial charge in [0.2, 0.25) is 0 Å². The SMILES string of the molecule is O=P([O-])([O-])OP(=O)([O-])[O-].O=P([O-])([O-])OP(=O)([O-])[O-].[Zn+2].[Zn+2].[Zn+2].[Zn+2]. The first-order valence-electron chi connectivity index (χ1n) is 2.92. The minimum absolute atomic E-state index is 0. The first-order valence-corrected chi connectivity index (χ1v) is 8.76. The van der Waals surface area contributed by atoms with Crippen LogP contribution in [0.2, 0.25) is 0 Å². The molecule has 0 aromatic rings. The van der Waals surface area contributed by atoms with Gasteiger partial charge in [-0.2, -0.15) is 0 Å². The third kappa shape index (κ3) is 49.5. The van der Waals surface area contributed by atoms with Crippen molar-refractivity contribution >= 4 is 31.3 Å². The van der Waals surface area contributed by atoms with Gasteiger partial charge in [-0.15, -0.1) is 0 Å². The topological polar surface area (TPSA) is 271 Å². The molecule has 0 unspecified atom stereocenters. The van der Waals surface area contributed by atoms with Crippen LogP contribution in [0.25, 0.3) is 0 Å². The van der Waals surface area contributed by atoms with E-state index in [1.165, 1.54) is 0 Å². The van der Waals surface area contributed by atoms with Gasteiger partial charge in [0.1, 0.15) is 0 Å². The molecule has 0 saturated carbocycles. The molecule has 0 rings (SSSR count). The zero-order valence-corrected chi connectivity index (χ0v) is 25.8. The summed E-state index contributed by atoms with van der Waals surface area (Å²) in [5, 5.41) is 0. The van der Waals surface area contributed by atoms with Crippen molar-refractivity contribution in [2.75, 3.05) is 0 Å². The van der Waals surface area contributed by atoms with Crippen LogP contribution < -0.4 is 39.1 Å². The van der Waals surface area contributed by atoms with Crippen molar-refractivity contribution in [2.45, 2.75) is 0 Å². The van der Waals surface area contributed by atoms with Gasteiger partial charge < -0.3 is 66.0 Å². The summed E-state index contributed by atoms with van der Waals surface area (Å²) in [6, 6.07) is 0. The van der Waals surface area contributed by atoms with E-state index in [0.29, 0.717) is 0 Å². The van der Waals surface area contributed by atoms with Crippen LogP contribution in [-0.2, 0) is 105 Å². The summed E-state index contributed by atoms with van der Waals surface area (Å²) in [6.45, 7) is 0. The fourth-order valence-corrected chi connectivity index (χ4v) is 2.20. The Hall–Kier alpha value is 3.01. The summed E-state index contributed by atoms with van der Waals surface area (Å²) in [7, 11) is -22.7. The van der Waals surface area contributed by atoms with Crippen LogP contribution in [-0.4, -0.2) is 0 Å². The van der Waals surface area contributed by atoms with Crippen molar-refractivity contribution in [2.24, 2.45) is 0 Å². The molecule has 0 N–H and O–H groups in total. The molecule has 0 atom stereocenters. The number of hydrogen-bond donors (Lipinski definition) is 0. The van der Waals surface area contributed by atoms with Crippen molar-refractivity contribution in [3.05, 3.63) is 0 Å². The van der Waals surface area contributed by atoms with E-state index in [9.17, 15) is 57.4 Å². The Labute approximate surface area is 174 Å². The smallest absolute Gasteiger partial charge is 0.790 e. The summed E-state index contributed by atoms with van der Waals surface area (Å²) in [5.74, 6) is 0. The summed E-state index contributed by atoms with van der Waals surface area (Å²) < 4.78 is 42.3. The van der Waals surface area contributed by atoms with Gasteiger partial charge in [0.25, 0.3) is 0 Å². The van der Waals surface area contributed by atoms with Gasteiger partial charge in [-0.3, -0.25) is 0 Å². The van der Waals surface area contributed by atoms with Crippen LogP contribution in [0.15, 0.2) is 0 Å². The Morgan fingerprint density at radius 3 is 0.500 bits per heavy atom. The molecule has 0 saturated heterocycles. The Kier molecular flexibility index (Phi) is 27.4. The molecule has 0 spiro atoms. The maximum atomic E-state index is 9.32. The van der Waals surface area contributed by atoms with E-state index in [2.05, 4.69) is 8.62 Å². The molecule has 0 bridgehead atoms. The fourth-order valence-electron chi connectivity index (χ4n) is 0.245. The molecule has 112 valence electrons. The monoisotopic (exact) mass is 604 g/mol. The first kappa shape index (κ1) is 39.9. The Morgan fingerprint density at radius 1 is 0.409 bits per heavy atom. The van der Waals surface area contributed by atoms with E-state index in [1.54, 1.807) is 0 Å². The van der Waals surface area contributed by atoms with E-state index in [4.69, 9.17) is 0 Å². The molecule has 0 aliphatic carbocycles. The second-order valence-electron chi connectivity index (χ2n) is 1.95. The second kappa shape index (κ2) is 15.1. The normalized spacial score (nSPS) is 11.3. The predicted molar refractivity (Wildman–Crippen MR) is 32.6 cm³/mol. The largest absolute Gasteiger partial charge is 2.00 e. The zero-order chi connectivity index (χ0) is 15.4. The van der Waals surface area contributed by atoms with E-state index >= 15 is 0 Å². The summed E-state index contributed by atoms with van der Waals surface area (Å²) >= 11 is 0. The Morgan fingerprint density at radius 2 is 0.500 bits per heavy atom. The summed E-state index contributed by atoms with van der Waals surface area (Å²) in [5.41, 5.74) is 0. The van der Waals surface area contributed by atoms with Crippen molar-refractivity contribution in [1.82, 2.24) is 0 Å². The van der Waals surface area contributed by atoms with E-state index in [1.807, 2.05) is 0 Å². The van der Waals surface area contributed by atoms with Gasteiger partial charge in [0.05, 0.1) is 31.3 Å². The van der Waals surface area contributed by atoms with Gasteiger partial charge in [0, 0.05) is 0 Å². The third-order valence-corrected chi connectivity index (χ3v) is 3.60. The average Bonchev–Trinajstić information content (AvgIpc) is 1.64. The molecule has 0 amide bonds. The van der Waals surface area contributed by atoms with Crippen LogP contribution in [0.4, 0.5) is 0 Å². The maximum absolute atomic E-state index is 9.32. The molecular weight excluding hydrogens is 609 g/mol. The van der Waals surface area contributed by atoms with Gasteiger partial charge in [-0.05, 0) is 0 Å². The standard InChI is InChI=1S/2H4O7P2.4Zn/c2*1-8(2,3)7-9(4,5)6;;;;/h2*(H2,1,2,3)(H2,4,5,6);;;;/q;;4*+2/p-8. The molecule has 22 heavy (non-hydrogen) atoms. The predicted octanol–water partition coefficient (Wildman–Crippen LogP) is -6.69. The van der Waals surface area contributed by atoms with Crippen LogP contribution in [0.1, 0.15) is 0 Å². The second-order valence-corrected chi connectivity index (χ2v) is 6.84. The van der Waals surface area contributed by atoms with Crippen LogP contribution >= 0.6 is 31.3 Å². The van der Waals surface area contributed by atoms with Gasteiger partial charge in [-0.1, -0.05) is 0 Å². The minimum Gasteiger partial charge on any atom is -0.790 e. The number of hydrogen-bond acceptors (Lipinski definition) is 14. The van der Waals surface area contributed by atoms with Gasteiger partial charge in [-0.25, -0.2) is 0 Å². The van der Waals surface area contributed by atoms with E-state index in [-0.39, 0.29) is 77.9 Å². The van der Waals surface area contributed by atoms with Crippen molar-refractivity contribution in [3.63, 3.8) is 0 Å². The van der Waals surface area contributed by atoms with Crippen molar-refractivity contribution in [3.8, 4) is 0 Å². The molecule has 0 aliphatic rings. The van der Waals surface area contributed by atoms with Gasteiger partial charge in [0.15, 0.2) is 0 Å². The molecular formula is O14P4Zn4. The van der Waals surface area contributed by atoms with Crippen molar-refractivity contribution in [1.29, 1.82) is 0 Å². The molecule has 0 heterocycles. The Balaban J connectivity index is -0.0000000492. The summed E-state index contributed by atoms with van der Waals surface area (Å²) in [4.78, 5) is 74.6.